The molecule has 3 atom stereocenters. The van der Waals surface area contributed by atoms with Crippen molar-refractivity contribution >= 4 is 34.2 Å². The molecule has 0 radical (unpaired) electrons. The predicted molar refractivity (Wildman–Crippen MR) is 135 cm³/mol. The normalized spacial score (nSPS) is 22.8. The van der Waals surface area contributed by atoms with Crippen LogP contribution in [0.1, 0.15) is 64.0 Å². The number of pyridine rings is 1. The highest BCUT2D eigenvalue weighted by Crippen LogP contribution is 2.41. The number of nitrogens with zero attached hydrogens (tertiary/aromatic N) is 3. The van der Waals surface area contributed by atoms with Gasteiger partial charge in [-0.25, -0.2) is 12.7 Å². The van der Waals surface area contributed by atoms with Crippen LogP contribution in [0.15, 0.2) is 18.3 Å². The van der Waals surface area contributed by atoms with Gasteiger partial charge < -0.3 is 10.2 Å². The van der Waals surface area contributed by atoms with Crippen LogP contribution in [0.2, 0.25) is 0 Å². The van der Waals surface area contributed by atoms with E-state index in [-0.39, 0.29) is 24.2 Å². The number of carbonyl (C=O) groups excluding carboxylic acids is 2. The Balaban J connectivity index is 0.00000408. The molecule has 2 fully saturated rings. The van der Waals surface area contributed by atoms with E-state index in [1.807, 2.05) is 19.9 Å². The summed E-state index contributed by atoms with van der Waals surface area (Å²) in [4.78, 5) is 32.5. The Bertz CT molecular complexity index is 973. The minimum absolute atomic E-state index is 0. The monoisotopic (exact) mass is 514 g/mol. The zero-order valence-electron chi connectivity index (χ0n) is 21.2. The summed E-state index contributed by atoms with van der Waals surface area (Å²) in [5.74, 6) is -0.204. The van der Waals surface area contributed by atoms with Crippen molar-refractivity contribution < 1.29 is 18.0 Å². The van der Waals surface area contributed by atoms with Gasteiger partial charge in [0, 0.05) is 25.3 Å². The SMILES string of the molecule is CC(C)C(NCc1ccc(C(=O)N2CC[C@H]3[C@H]2[C@@H](C(C)C)C(=O)N3S(C)(=O)=O)cn1)C(C)C.Cl. The zero-order chi connectivity index (χ0) is 24.7. The van der Waals surface area contributed by atoms with E-state index in [0.29, 0.717) is 43.0 Å². The fraction of sp³-hybridized carbons (Fsp3) is 0.708. The van der Waals surface area contributed by atoms with Crippen molar-refractivity contribution in [3.8, 4) is 0 Å². The highest BCUT2D eigenvalue weighted by molar-refractivity contribution is 7.88. The Kier molecular flexibility index (Phi) is 9.16. The Morgan fingerprint density at radius 2 is 1.76 bits per heavy atom. The van der Waals surface area contributed by atoms with Gasteiger partial charge in [-0.05, 0) is 36.3 Å². The van der Waals surface area contributed by atoms with E-state index in [0.717, 1.165) is 16.3 Å². The van der Waals surface area contributed by atoms with Crippen molar-refractivity contribution in [3.05, 3.63) is 29.6 Å². The number of amides is 2. The van der Waals surface area contributed by atoms with Gasteiger partial charge >= 0.3 is 0 Å². The lowest BCUT2D eigenvalue weighted by molar-refractivity contribution is -0.129. The van der Waals surface area contributed by atoms with Gasteiger partial charge in [0.2, 0.25) is 15.9 Å². The molecule has 0 spiro atoms. The maximum Gasteiger partial charge on any atom is 0.255 e. The van der Waals surface area contributed by atoms with Crippen LogP contribution in [0.4, 0.5) is 0 Å². The third kappa shape index (κ3) is 5.57. The van der Waals surface area contributed by atoms with Crippen LogP contribution in [0.5, 0.6) is 0 Å². The summed E-state index contributed by atoms with van der Waals surface area (Å²) in [5, 5.41) is 3.55. The second kappa shape index (κ2) is 10.9. The quantitative estimate of drug-likeness (QED) is 0.572. The van der Waals surface area contributed by atoms with E-state index < -0.39 is 33.9 Å². The predicted octanol–water partition coefficient (Wildman–Crippen LogP) is 2.93. The maximum atomic E-state index is 13.4. The van der Waals surface area contributed by atoms with Gasteiger partial charge in [0.05, 0.1) is 35.5 Å². The number of nitrogens with one attached hydrogen (secondary N) is 1. The number of fused-ring (bicyclic) bond motifs is 1. The third-order valence-corrected chi connectivity index (χ3v) is 8.12. The molecule has 0 bridgehead atoms. The molecule has 0 saturated carbocycles. The topological polar surface area (TPSA) is 99.7 Å². The number of hydrogen-bond donors (Lipinski definition) is 1. The first-order valence-corrected chi connectivity index (χ1v) is 13.7. The lowest BCUT2D eigenvalue weighted by atomic mass is 9.88. The first kappa shape index (κ1) is 28.5. The standard InChI is InChI=1S/C24H38N4O4S.ClH/c1-14(2)20-22-19(28(24(20)30)33(7,31)32)10-11-27(22)23(29)17-8-9-18(25-12-17)13-26-21(15(3)4)16(5)6;/h8-9,12,14-16,19-22,26H,10-11,13H2,1-7H3;1H/t19-,20+,22-;/m0./s1. The summed E-state index contributed by atoms with van der Waals surface area (Å²) >= 11 is 0. The highest BCUT2D eigenvalue weighted by Gasteiger charge is 2.58. The molecule has 0 aliphatic carbocycles. The number of rotatable bonds is 8. The summed E-state index contributed by atoms with van der Waals surface area (Å²) < 4.78 is 25.7. The van der Waals surface area contributed by atoms with Crippen molar-refractivity contribution in [3.63, 3.8) is 0 Å². The lowest BCUT2D eigenvalue weighted by Crippen LogP contribution is -2.44. The zero-order valence-corrected chi connectivity index (χ0v) is 22.8. The number of carbonyl (C=O) groups is 2. The molecular formula is C24H39ClN4O4S. The molecule has 8 nitrogen and oxygen atoms in total. The average Bonchev–Trinajstić information content (AvgIpc) is 3.23. The minimum atomic E-state index is -3.69. The molecule has 34 heavy (non-hydrogen) atoms. The van der Waals surface area contributed by atoms with Crippen LogP contribution in [0.25, 0.3) is 0 Å². The molecule has 2 aliphatic rings. The van der Waals surface area contributed by atoms with E-state index >= 15 is 0 Å². The van der Waals surface area contributed by atoms with Crippen LogP contribution in [0.3, 0.4) is 0 Å². The molecule has 192 valence electrons. The van der Waals surface area contributed by atoms with E-state index in [9.17, 15) is 18.0 Å². The Morgan fingerprint density at radius 3 is 2.24 bits per heavy atom. The smallest absolute Gasteiger partial charge is 0.255 e. The van der Waals surface area contributed by atoms with E-state index in [1.165, 1.54) is 0 Å². The van der Waals surface area contributed by atoms with Crippen molar-refractivity contribution in [2.75, 3.05) is 12.8 Å². The molecule has 3 heterocycles. The van der Waals surface area contributed by atoms with Gasteiger partial charge in [-0.3, -0.25) is 14.6 Å². The van der Waals surface area contributed by atoms with Crippen LogP contribution < -0.4 is 5.32 Å². The molecule has 2 aliphatic heterocycles. The number of hydrogen-bond acceptors (Lipinski definition) is 6. The first-order valence-electron chi connectivity index (χ1n) is 11.9. The minimum Gasteiger partial charge on any atom is -0.333 e. The summed E-state index contributed by atoms with van der Waals surface area (Å²) in [6.07, 6.45) is 3.11. The molecule has 3 rings (SSSR count). The molecule has 1 aromatic heterocycles. The Labute approximate surface area is 210 Å². The second-order valence-corrected chi connectivity index (χ2v) is 12.3. The van der Waals surface area contributed by atoms with Crippen LogP contribution >= 0.6 is 12.4 Å². The average molecular weight is 515 g/mol. The second-order valence-electron chi connectivity index (χ2n) is 10.4. The molecule has 0 unspecified atom stereocenters. The van der Waals surface area contributed by atoms with E-state index in [1.54, 1.807) is 17.2 Å². The molecular weight excluding hydrogens is 476 g/mol. The highest BCUT2D eigenvalue weighted by atomic mass is 35.5. The molecule has 10 heteroatoms. The number of halogens is 1. The van der Waals surface area contributed by atoms with Gasteiger partial charge in [-0.15, -0.1) is 12.4 Å². The number of sulfonamides is 1. The number of aromatic nitrogens is 1. The fourth-order valence-corrected chi connectivity index (χ4v) is 6.73. The summed E-state index contributed by atoms with van der Waals surface area (Å²) in [6.45, 7) is 13.6. The van der Waals surface area contributed by atoms with Crippen molar-refractivity contribution in [1.29, 1.82) is 0 Å². The van der Waals surface area contributed by atoms with Crippen LogP contribution in [-0.2, 0) is 21.4 Å². The van der Waals surface area contributed by atoms with E-state index in [4.69, 9.17) is 0 Å². The maximum absolute atomic E-state index is 13.4. The molecule has 1 aromatic rings. The Morgan fingerprint density at radius 1 is 1.15 bits per heavy atom. The van der Waals surface area contributed by atoms with E-state index in [2.05, 4.69) is 38.0 Å². The van der Waals surface area contributed by atoms with Gasteiger partial charge in [0.25, 0.3) is 5.91 Å². The molecule has 2 amide bonds. The number of likely N-dealkylation sites (tertiary alicyclic amines) is 1. The van der Waals surface area contributed by atoms with Gasteiger partial charge in [-0.1, -0.05) is 41.5 Å². The molecule has 0 aromatic carbocycles. The summed E-state index contributed by atoms with van der Waals surface area (Å²) in [7, 11) is -3.69. The van der Waals surface area contributed by atoms with Crippen molar-refractivity contribution in [1.82, 2.24) is 19.5 Å². The van der Waals surface area contributed by atoms with Gasteiger partial charge in [0.15, 0.2) is 0 Å². The first-order chi connectivity index (χ1) is 15.3. The lowest BCUT2D eigenvalue weighted by Gasteiger charge is -2.29. The van der Waals surface area contributed by atoms with Crippen LogP contribution in [0, 0.1) is 23.7 Å². The van der Waals surface area contributed by atoms with Gasteiger partial charge in [0.1, 0.15) is 0 Å². The molecule has 1 N–H and O–H groups in total. The van der Waals surface area contributed by atoms with Crippen LogP contribution in [-0.4, -0.2) is 65.3 Å². The van der Waals surface area contributed by atoms with Crippen molar-refractivity contribution in [2.24, 2.45) is 23.7 Å². The fourth-order valence-electron chi connectivity index (χ4n) is 5.56. The molecule has 2 saturated heterocycles. The van der Waals surface area contributed by atoms with Gasteiger partial charge in [-0.2, -0.15) is 0 Å². The summed E-state index contributed by atoms with van der Waals surface area (Å²) in [6, 6.07) is 3.06. The summed E-state index contributed by atoms with van der Waals surface area (Å²) in [5.41, 5.74) is 1.31. The third-order valence-electron chi connectivity index (χ3n) is 6.95. The largest absolute Gasteiger partial charge is 0.333 e. The Hall–Kier alpha value is -1.71. The van der Waals surface area contributed by atoms with Crippen molar-refractivity contribution in [2.45, 2.75) is 72.6 Å².